The van der Waals surface area contributed by atoms with Crippen LogP contribution in [-0.4, -0.2) is 22.8 Å². The molecule has 0 spiro atoms. The SMILES string of the molecule is CCCc1nc(NC)c(C)c(SCC)n1. The molecule has 0 unspecified atom stereocenters. The van der Waals surface area contributed by atoms with Crippen LogP contribution in [0.5, 0.6) is 0 Å². The fourth-order valence-electron chi connectivity index (χ4n) is 1.40. The molecule has 0 aromatic carbocycles. The minimum absolute atomic E-state index is 0.948. The van der Waals surface area contributed by atoms with E-state index in [0.717, 1.165) is 40.8 Å². The number of aromatic nitrogens is 2. The summed E-state index contributed by atoms with van der Waals surface area (Å²) in [5.41, 5.74) is 1.16. The van der Waals surface area contributed by atoms with Gasteiger partial charge in [-0.2, -0.15) is 0 Å². The Morgan fingerprint density at radius 1 is 1.27 bits per heavy atom. The van der Waals surface area contributed by atoms with Crippen LogP contribution in [0.25, 0.3) is 0 Å². The lowest BCUT2D eigenvalue weighted by atomic mass is 10.3. The summed E-state index contributed by atoms with van der Waals surface area (Å²) in [6.45, 7) is 6.36. The zero-order chi connectivity index (χ0) is 11.3. The minimum atomic E-state index is 0.948. The number of nitrogens with zero attached hydrogens (tertiary/aromatic N) is 2. The fraction of sp³-hybridized carbons (Fsp3) is 0.636. The van der Waals surface area contributed by atoms with Gasteiger partial charge in [0.1, 0.15) is 16.7 Å². The zero-order valence-electron chi connectivity index (χ0n) is 9.92. The van der Waals surface area contributed by atoms with E-state index in [1.807, 2.05) is 7.05 Å². The standard InChI is InChI=1S/C11H19N3S/c1-5-7-9-13-10(12-4)8(3)11(14-9)15-6-2/h5-7H2,1-4H3,(H,12,13,14). The predicted octanol–water partition coefficient (Wildman–Crippen LogP) is 2.89. The lowest BCUT2D eigenvalue weighted by Crippen LogP contribution is -2.04. The molecule has 15 heavy (non-hydrogen) atoms. The van der Waals surface area contributed by atoms with Gasteiger partial charge < -0.3 is 5.32 Å². The molecule has 0 radical (unpaired) electrons. The molecule has 4 heteroatoms. The summed E-state index contributed by atoms with van der Waals surface area (Å²) in [5, 5.41) is 4.24. The highest BCUT2D eigenvalue weighted by Gasteiger charge is 2.09. The van der Waals surface area contributed by atoms with Gasteiger partial charge in [-0.3, -0.25) is 0 Å². The van der Waals surface area contributed by atoms with E-state index >= 15 is 0 Å². The fourth-order valence-corrected chi connectivity index (χ4v) is 2.15. The molecule has 84 valence electrons. The number of nitrogens with one attached hydrogen (secondary N) is 1. The summed E-state index contributed by atoms with van der Waals surface area (Å²) in [7, 11) is 1.91. The molecule has 0 aliphatic carbocycles. The maximum atomic E-state index is 4.57. The summed E-state index contributed by atoms with van der Waals surface area (Å²) < 4.78 is 0. The van der Waals surface area contributed by atoms with E-state index in [-0.39, 0.29) is 0 Å². The van der Waals surface area contributed by atoms with Crippen LogP contribution in [0.3, 0.4) is 0 Å². The van der Waals surface area contributed by atoms with Gasteiger partial charge in [-0.15, -0.1) is 11.8 Å². The molecule has 1 aromatic heterocycles. The highest BCUT2D eigenvalue weighted by molar-refractivity contribution is 7.99. The monoisotopic (exact) mass is 225 g/mol. The van der Waals surface area contributed by atoms with Crippen molar-refractivity contribution in [2.75, 3.05) is 18.1 Å². The first-order valence-electron chi connectivity index (χ1n) is 5.40. The molecule has 1 rings (SSSR count). The Bertz CT molecular complexity index is 326. The van der Waals surface area contributed by atoms with E-state index in [1.165, 1.54) is 0 Å². The molecule has 0 aliphatic rings. The molecule has 1 N–H and O–H groups in total. The summed E-state index contributed by atoms with van der Waals surface area (Å²) in [5.74, 6) is 2.96. The van der Waals surface area contributed by atoms with E-state index in [9.17, 15) is 0 Å². The second-order valence-corrected chi connectivity index (χ2v) is 4.60. The van der Waals surface area contributed by atoms with Gasteiger partial charge in [-0.25, -0.2) is 9.97 Å². The molecule has 0 saturated heterocycles. The van der Waals surface area contributed by atoms with Gasteiger partial charge in [0, 0.05) is 19.0 Å². The quantitative estimate of drug-likeness (QED) is 0.617. The first-order valence-corrected chi connectivity index (χ1v) is 6.39. The Balaban J connectivity index is 3.07. The molecule has 0 aliphatic heterocycles. The highest BCUT2D eigenvalue weighted by Crippen LogP contribution is 2.24. The largest absolute Gasteiger partial charge is 0.373 e. The predicted molar refractivity (Wildman–Crippen MR) is 66.7 cm³/mol. The Hall–Kier alpha value is -0.770. The number of hydrogen-bond donors (Lipinski definition) is 1. The smallest absolute Gasteiger partial charge is 0.133 e. The van der Waals surface area contributed by atoms with Crippen molar-refractivity contribution in [3.8, 4) is 0 Å². The van der Waals surface area contributed by atoms with E-state index in [2.05, 4.69) is 36.1 Å². The van der Waals surface area contributed by atoms with Crippen molar-refractivity contribution >= 4 is 17.6 Å². The van der Waals surface area contributed by atoms with Gasteiger partial charge in [-0.1, -0.05) is 13.8 Å². The third-order valence-corrected chi connectivity index (χ3v) is 3.10. The third-order valence-electron chi connectivity index (χ3n) is 2.14. The van der Waals surface area contributed by atoms with Crippen molar-refractivity contribution in [2.24, 2.45) is 0 Å². The van der Waals surface area contributed by atoms with E-state index < -0.39 is 0 Å². The lowest BCUT2D eigenvalue weighted by molar-refractivity contribution is 0.804. The molecular weight excluding hydrogens is 206 g/mol. The van der Waals surface area contributed by atoms with Crippen molar-refractivity contribution in [1.82, 2.24) is 9.97 Å². The molecule has 0 saturated carbocycles. The molecule has 1 heterocycles. The second kappa shape index (κ2) is 5.95. The molecular formula is C11H19N3S. The number of hydrogen-bond acceptors (Lipinski definition) is 4. The molecule has 0 bridgehead atoms. The maximum Gasteiger partial charge on any atom is 0.133 e. The third kappa shape index (κ3) is 3.09. The summed E-state index contributed by atoms with van der Waals surface area (Å²) in [6.07, 6.45) is 2.04. The molecule has 3 nitrogen and oxygen atoms in total. The zero-order valence-corrected chi connectivity index (χ0v) is 10.7. The van der Waals surface area contributed by atoms with Crippen LogP contribution < -0.4 is 5.32 Å². The van der Waals surface area contributed by atoms with Crippen LogP contribution in [0.2, 0.25) is 0 Å². The van der Waals surface area contributed by atoms with Crippen LogP contribution in [0.15, 0.2) is 5.03 Å². The number of rotatable bonds is 5. The first-order chi connectivity index (χ1) is 7.22. The summed E-state index contributed by atoms with van der Waals surface area (Å²) >= 11 is 1.78. The molecule has 0 atom stereocenters. The summed E-state index contributed by atoms with van der Waals surface area (Å²) in [6, 6.07) is 0. The Kier molecular flexibility index (Phi) is 4.88. The van der Waals surface area contributed by atoms with Crippen LogP contribution in [0, 0.1) is 6.92 Å². The second-order valence-electron chi connectivity index (χ2n) is 3.35. The average molecular weight is 225 g/mol. The van der Waals surface area contributed by atoms with Crippen LogP contribution >= 0.6 is 11.8 Å². The normalized spacial score (nSPS) is 10.4. The van der Waals surface area contributed by atoms with Crippen molar-refractivity contribution in [3.63, 3.8) is 0 Å². The van der Waals surface area contributed by atoms with Gasteiger partial charge in [0.05, 0.1) is 0 Å². The van der Waals surface area contributed by atoms with Crippen LogP contribution in [-0.2, 0) is 6.42 Å². The number of anilines is 1. The highest BCUT2D eigenvalue weighted by atomic mass is 32.2. The van der Waals surface area contributed by atoms with E-state index in [1.54, 1.807) is 11.8 Å². The van der Waals surface area contributed by atoms with Crippen molar-refractivity contribution in [1.29, 1.82) is 0 Å². The van der Waals surface area contributed by atoms with Gasteiger partial charge in [0.15, 0.2) is 0 Å². The first kappa shape index (κ1) is 12.3. The Labute approximate surface area is 96.1 Å². The topological polar surface area (TPSA) is 37.8 Å². The van der Waals surface area contributed by atoms with Crippen molar-refractivity contribution in [3.05, 3.63) is 11.4 Å². The van der Waals surface area contributed by atoms with Crippen molar-refractivity contribution in [2.45, 2.75) is 38.6 Å². The van der Waals surface area contributed by atoms with Crippen LogP contribution in [0.4, 0.5) is 5.82 Å². The van der Waals surface area contributed by atoms with Gasteiger partial charge in [-0.05, 0) is 19.1 Å². The van der Waals surface area contributed by atoms with Gasteiger partial charge in [0.25, 0.3) is 0 Å². The lowest BCUT2D eigenvalue weighted by Gasteiger charge is -2.10. The molecule has 1 aromatic rings. The molecule has 0 amide bonds. The number of aryl methyl sites for hydroxylation is 1. The minimum Gasteiger partial charge on any atom is -0.373 e. The summed E-state index contributed by atoms with van der Waals surface area (Å²) in [4.78, 5) is 9.06. The van der Waals surface area contributed by atoms with E-state index in [0.29, 0.717) is 0 Å². The number of thioether (sulfide) groups is 1. The van der Waals surface area contributed by atoms with Gasteiger partial charge >= 0.3 is 0 Å². The maximum absolute atomic E-state index is 4.57. The van der Waals surface area contributed by atoms with Gasteiger partial charge in [0.2, 0.25) is 0 Å². The van der Waals surface area contributed by atoms with Crippen LogP contribution in [0.1, 0.15) is 31.7 Å². The molecule has 0 fully saturated rings. The Morgan fingerprint density at radius 3 is 2.53 bits per heavy atom. The van der Waals surface area contributed by atoms with E-state index in [4.69, 9.17) is 0 Å². The van der Waals surface area contributed by atoms with Crippen molar-refractivity contribution < 1.29 is 0 Å². The Morgan fingerprint density at radius 2 is 2.00 bits per heavy atom. The average Bonchev–Trinajstić information content (AvgIpc) is 2.23.